The Morgan fingerprint density at radius 3 is 2.96 bits per heavy atom. The van der Waals surface area contributed by atoms with Crippen LogP contribution in [0.2, 0.25) is 0 Å². The minimum absolute atomic E-state index is 0.0572. The van der Waals surface area contributed by atoms with Crippen LogP contribution in [-0.4, -0.2) is 26.1 Å². The molecule has 2 aromatic heterocycles. The molecule has 4 rings (SSSR count). The predicted molar refractivity (Wildman–Crippen MR) is 88.1 cm³/mol. The van der Waals surface area contributed by atoms with Gasteiger partial charge in [0.15, 0.2) is 0 Å². The third-order valence-electron chi connectivity index (χ3n) is 3.94. The first kappa shape index (κ1) is 14.1. The molecule has 1 N–H and O–H groups in total. The number of amides is 1. The Hall–Kier alpha value is -2.54. The Morgan fingerprint density at radius 2 is 2.13 bits per heavy atom. The molecule has 1 aromatic carbocycles. The minimum atomic E-state index is -0.0572. The van der Waals surface area contributed by atoms with Gasteiger partial charge in [-0.1, -0.05) is 6.07 Å². The molecule has 2 heterocycles. The fraction of sp³-hybridized carbons (Fsp3) is 0.250. The second-order valence-corrected chi connectivity index (χ2v) is 6.66. The number of rotatable bonds is 3. The van der Waals surface area contributed by atoms with Gasteiger partial charge < -0.3 is 5.32 Å². The molecule has 0 fully saturated rings. The molecular formula is C16H15N5OS. The maximum Gasteiger partial charge on any atom is 0.265 e. The van der Waals surface area contributed by atoms with Gasteiger partial charge in [-0.3, -0.25) is 4.79 Å². The number of tetrazole rings is 1. The lowest BCUT2D eigenvalue weighted by Gasteiger charge is -2.08. The van der Waals surface area contributed by atoms with E-state index in [1.807, 2.05) is 30.3 Å². The number of aromatic nitrogens is 4. The van der Waals surface area contributed by atoms with E-state index in [0.717, 1.165) is 29.1 Å². The fourth-order valence-corrected chi connectivity index (χ4v) is 3.95. The molecule has 0 radical (unpaired) electrons. The lowest BCUT2D eigenvalue weighted by Crippen LogP contribution is -2.10. The summed E-state index contributed by atoms with van der Waals surface area (Å²) in [6.45, 7) is 0. The van der Waals surface area contributed by atoms with E-state index < -0.39 is 0 Å². The van der Waals surface area contributed by atoms with Crippen LogP contribution in [0.15, 0.2) is 36.7 Å². The van der Waals surface area contributed by atoms with Gasteiger partial charge in [0.05, 0.1) is 10.6 Å². The summed E-state index contributed by atoms with van der Waals surface area (Å²) >= 11 is 1.62. The number of hydrogen-bond donors (Lipinski definition) is 1. The van der Waals surface area contributed by atoms with Gasteiger partial charge in [-0.05, 0) is 65.9 Å². The van der Waals surface area contributed by atoms with Crippen molar-refractivity contribution in [2.75, 3.05) is 5.32 Å². The van der Waals surface area contributed by atoms with Crippen LogP contribution in [0, 0.1) is 0 Å². The van der Waals surface area contributed by atoms with Crippen LogP contribution in [0.5, 0.6) is 0 Å². The first-order valence-electron chi connectivity index (χ1n) is 7.56. The third-order valence-corrected chi connectivity index (χ3v) is 5.17. The van der Waals surface area contributed by atoms with Crippen LogP contribution in [0.1, 0.15) is 33.0 Å². The number of benzene rings is 1. The van der Waals surface area contributed by atoms with Crippen molar-refractivity contribution in [1.29, 1.82) is 0 Å². The maximum atomic E-state index is 12.5. The zero-order chi connectivity index (χ0) is 15.6. The van der Waals surface area contributed by atoms with Crippen LogP contribution < -0.4 is 5.32 Å². The molecule has 6 nitrogen and oxygen atoms in total. The van der Waals surface area contributed by atoms with Crippen LogP contribution in [0.4, 0.5) is 5.69 Å². The summed E-state index contributed by atoms with van der Waals surface area (Å²) in [5.41, 5.74) is 2.88. The summed E-state index contributed by atoms with van der Waals surface area (Å²) in [7, 11) is 0. The maximum absolute atomic E-state index is 12.5. The SMILES string of the molecule is O=C(Nc1cccc(-n2cnnn2)c1)c1cc2c(s1)CCCC2. The summed E-state index contributed by atoms with van der Waals surface area (Å²) in [6.07, 6.45) is 6.16. The Morgan fingerprint density at radius 1 is 1.22 bits per heavy atom. The van der Waals surface area contributed by atoms with Crippen molar-refractivity contribution in [1.82, 2.24) is 20.2 Å². The summed E-state index contributed by atoms with van der Waals surface area (Å²) in [4.78, 5) is 14.6. The Kier molecular flexibility index (Phi) is 3.63. The van der Waals surface area contributed by atoms with Gasteiger partial charge in [-0.2, -0.15) is 0 Å². The highest BCUT2D eigenvalue weighted by molar-refractivity contribution is 7.14. The standard InChI is InChI=1S/C16H15N5OS/c22-16(15-8-11-4-1-2-7-14(11)23-15)18-12-5-3-6-13(9-12)21-10-17-19-20-21/h3,5-6,8-10H,1-2,4,7H2,(H,18,22). The van der Waals surface area contributed by atoms with Crippen molar-refractivity contribution >= 4 is 22.9 Å². The highest BCUT2D eigenvalue weighted by Crippen LogP contribution is 2.30. The van der Waals surface area contributed by atoms with Crippen molar-refractivity contribution in [3.63, 3.8) is 0 Å². The van der Waals surface area contributed by atoms with Gasteiger partial charge >= 0.3 is 0 Å². The first-order valence-corrected chi connectivity index (χ1v) is 8.37. The van der Waals surface area contributed by atoms with Crippen molar-refractivity contribution in [2.45, 2.75) is 25.7 Å². The Labute approximate surface area is 137 Å². The average Bonchev–Trinajstić information content (AvgIpc) is 3.24. The van der Waals surface area contributed by atoms with Crippen LogP contribution in [-0.2, 0) is 12.8 Å². The van der Waals surface area contributed by atoms with Gasteiger partial charge in [0.1, 0.15) is 6.33 Å². The molecule has 1 aliphatic rings. The van der Waals surface area contributed by atoms with Crippen molar-refractivity contribution in [3.8, 4) is 5.69 Å². The number of nitrogens with zero attached hydrogens (tertiary/aromatic N) is 4. The molecule has 3 aromatic rings. The van der Waals surface area contributed by atoms with Gasteiger partial charge in [-0.25, -0.2) is 4.68 Å². The van der Waals surface area contributed by atoms with Gasteiger partial charge in [0.25, 0.3) is 5.91 Å². The number of nitrogens with one attached hydrogen (secondary N) is 1. The molecule has 1 amide bonds. The topological polar surface area (TPSA) is 72.7 Å². The molecular weight excluding hydrogens is 310 g/mol. The smallest absolute Gasteiger partial charge is 0.265 e. The lowest BCUT2D eigenvalue weighted by molar-refractivity contribution is 0.103. The quantitative estimate of drug-likeness (QED) is 0.803. The number of carbonyl (C=O) groups excluding carboxylic acids is 1. The average molecular weight is 325 g/mol. The summed E-state index contributed by atoms with van der Waals surface area (Å²) in [5, 5.41) is 14.1. The minimum Gasteiger partial charge on any atom is -0.321 e. The monoisotopic (exact) mass is 325 g/mol. The summed E-state index contributed by atoms with van der Waals surface area (Å²) < 4.78 is 1.56. The third kappa shape index (κ3) is 2.87. The number of aryl methyl sites for hydroxylation is 2. The summed E-state index contributed by atoms with van der Waals surface area (Å²) in [5.74, 6) is -0.0572. The normalized spacial score (nSPS) is 13.6. The van der Waals surface area contributed by atoms with Gasteiger partial charge in [0.2, 0.25) is 0 Å². The van der Waals surface area contributed by atoms with Crippen LogP contribution >= 0.6 is 11.3 Å². The van der Waals surface area contributed by atoms with Crippen molar-refractivity contribution in [3.05, 3.63) is 52.0 Å². The zero-order valence-electron chi connectivity index (χ0n) is 12.4. The Balaban J connectivity index is 1.54. The van der Waals surface area contributed by atoms with E-state index in [4.69, 9.17) is 0 Å². The highest BCUT2D eigenvalue weighted by atomic mass is 32.1. The van der Waals surface area contributed by atoms with Crippen molar-refractivity contribution < 1.29 is 4.79 Å². The molecule has 0 unspecified atom stereocenters. The van der Waals surface area contributed by atoms with E-state index in [1.165, 1.54) is 29.6 Å². The molecule has 116 valence electrons. The number of anilines is 1. The second-order valence-electron chi connectivity index (χ2n) is 5.53. The van der Waals surface area contributed by atoms with Crippen molar-refractivity contribution in [2.24, 2.45) is 0 Å². The highest BCUT2D eigenvalue weighted by Gasteiger charge is 2.17. The molecule has 0 bridgehead atoms. The van der Waals surface area contributed by atoms with Gasteiger partial charge in [0, 0.05) is 10.6 Å². The fourth-order valence-electron chi connectivity index (χ4n) is 2.80. The number of hydrogen-bond acceptors (Lipinski definition) is 5. The van der Waals surface area contributed by atoms with E-state index in [1.54, 1.807) is 16.0 Å². The van der Waals surface area contributed by atoms with Crippen LogP contribution in [0.3, 0.4) is 0 Å². The van der Waals surface area contributed by atoms with Gasteiger partial charge in [-0.15, -0.1) is 16.4 Å². The Bertz CT molecular complexity index is 817. The van der Waals surface area contributed by atoms with E-state index in [9.17, 15) is 4.79 Å². The largest absolute Gasteiger partial charge is 0.321 e. The molecule has 23 heavy (non-hydrogen) atoms. The second kappa shape index (κ2) is 5.92. The van der Waals surface area contributed by atoms with E-state index in [-0.39, 0.29) is 5.91 Å². The van der Waals surface area contributed by atoms with Crippen LogP contribution in [0.25, 0.3) is 5.69 Å². The van der Waals surface area contributed by atoms with E-state index >= 15 is 0 Å². The molecule has 0 saturated heterocycles. The first-order chi connectivity index (χ1) is 11.3. The molecule has 0 saturated carbocycles. The van der Waals surface area contributed by atoms with E-state index in [2.05, 4.69) is 20.8 Å². The number of fused-ring (bicyclic) bond motifs is 1. The molecule has 0 spiro atoms. The predicted octanol–water partition coefficient (Wildman–Crippen LogP) is 2.85. The molecule has 1 aliphatic carbocycles. The molecule has 0 atom stereocenters. The zero-order valence-corrected chi connectivity index (χ0v) is 13.2. The van der Waals surface area contributed by atoms with E-state index in [0.29, 0.717) is 0 Å². The number of carbonyl (C=O) groups is 1. The number of thiophene rings is 1. The molecule has 7 heteroatoms. The molecule has 0 aliphatic heterocycles. The summed E-state index contributed by atoms with van der Waals surface area (Å²) in [6, 6.07) is 9.50. The lowest BCUT2D eigenvalue weighted by atomic mass is 9.99.